The van der Waals surface area contributed by atoms with Gasteiger partial charge < -0.3 is 19.5 Å². The SMILES string of the molecule is CCCc1ccc(OC2CNC(=O)O2)c(OC)c1. The van der Waals surface area contributed by atoms with E-state index in [-0.39, 0.29) is 0 Å². The van der Waals surface area contributed by atoms with Crippen molar-refractivity contribution >= 4 is 6.09 Å². The summed E-state index contributed by atoms with van der Waals surface area (Å²) in [6, 6.07) is 5.78. The number of benzene rings is 1. The molecule has 1 N–H and O–H groups in total. The molecule has 0 saturated carbocycles. The third kappa shape index (κ3) is 2.85. The minimum Gasteiger partial charge on any atom is -0.493 e. The van der Waals surface area contributed by atoms with Crippen molar-refractivity contribution in [2.24, 2.45) is 0 Å². The number of carbonyl (C=O) groups is 1. The molecule has 98 valence electrons. The average Bonchev–Trinajstić information content (AvgIpc) is 2.77. The number of cyclic esters (lactones) is 1. The molecule has 0 radical (unpaired) electrons. The first kappa shape index (κ1) is 12.5. The van der Waals surface area contributed by atoms with Gasteiger partial charge in [0.15, 0.2) is 11.5 Å². The molecule has 1 aliphatic rings. The number of rotatable bonds is 5. The van der Waals surface area contributed by atoms with Crippen LogP contribution < -0.4 is 14.8 Å². The summed E-state index contributed by atoms with van der Waals surface area (Å²) in [5.74, 6) is 1.24. The summed E-state index contributed by atoms with van der Waals surface area (Å²) in [6.45, 7) is 2.47. The lowest BCUT2D eigenvalue weighted by atomic mass is 10.1. The number of hydrogen-bond donors (Lipinski definition) is 1. The van der Waals surface area contributed by atoms with Gasteiger partial charge in [-0.15, -0.1) is 0 Å². The van der Waals surface area contributed by atoms with Gasteiger partial charge in [0.05, 0.1) is 13.7 Å². The molecule has 0 aromatic heterocycles. The summed E-state index contributed by atoms with van der Waals surface area (Å²) in [5, 5.41) is 2.53. The molecular formula is C13H17NO4. The third-order valence-electron chi connectivity index (χ3n) is 2.68. The summed E-state index contributed by atoms with van der Waals surface area (Å²) in [7, 11) is 1.59. The Morgan fingerprint density at radius 1 is 1.44 bits per heavy atom. The van der Waals surface area contributed by atoms with Crippen LogP contribution in [0.3, 0.4) is 0 Å². The largest absolute Gasteiger partial charge is 0.493 e. The Kier molecular flexibility index (Phi) is 3.92. The molecule has 1 aromatic rings. The van der Waals surface area contributed by atoms with Gasteiger partial charge in [0.2, 0.25) is 0 Å². The number of amides is 1. The van der Waals surface area contributed by atoms with Gasteiger partial charge in [0.1, 0.15) is 0 Å². The zero-order valence-corrected chi connectivity index (χ0v) is 10.6. The van der Waals surface area contributed by atoms with Crippen molar-refractivity contribution in [3.05, 3.63) is 23.8 Å². The second kappa shape index (κ2) is 5.62. The van der Waals surface area contributed by atoms with Crippen LogP contribution in [0.1, 0.15) is 18.9 Å². The quantitative estimate of drug-likeness (QED) is 0.870. The molecule has 1 fully saturated rings. The number of carbonyl (C=O) groups excluding carboxylic acids is 1. The van der Waals surface area contributed by atoms with Gasteiger partial charge in [-0.05, 0) is 24.1 Å². The van der Waals surface area contributed by atoms with Gasteiger partial charge in [-0.25, -0.2) is 4.79 Å². The molecule has 1 unspecified atom stereocenters. The van der Waals surface area contributed by atoms with Crippen molar-refractivity contribution < 1.29 is 19.0 Å². The summed E-state index contributed by atoms with van der Waals surface area (Å²) in [6.07, 6.45) is 1.02. The second-order valence-electron chi connectivity index (χ2n) is 4.07. The summed E-state index contributed by atoms with van der Waals surface area (Å²) in [5.41, 5.74) is 1.20. The van der Waals surface area contributed by atoms with Crippen LogP contribution in [0.25, 0.3) is 0 Å². The Bertz CT molecular complexity index is 433. The highest BCUT2D eigenvalue weighted by molar-refractivity contribution is 5.69. The number of nitrogens with one attached hydrogen (secondary N) is 1. The van der Waals surface area contributed by atoms with Gasteiger partial charge in [0.25, 0.3) is 6.29 Å². The van der Waals surface area contributed by atoms with Crippen LogP contribution in [0.4, 0.5) is 4.79 Å². The first-order valence-corrected chi connectivity index (χ1v) is 6.01. The predicted molar refractivity (Wildman–Crippen MR) is 65.9 cm³/mol. The summed E-state index contributed by atoms with van der Waals surface area (Å²) >= 11 is 0. The van der Waals surface area contributed by atoms with E-state index in [9.17, 15) is 4.79 Å². The molecule has 1 amide bonds. The highest BCUT2D eigenvalue weighted by Gasteiger charge is 2.25. The fourth-order valence-corrected chi connectivity index (χ4v) is 1.83. The zero-order valence-electron chi connectivity index (χ0n) is 10.6. The normalized spacial score (nSPS) is 18.1. The first-order valence-electron chi connectivity index (χ1n) is 6.01. The molecule has 1 saturated heterocycles. The lowest BCUT2D eigenvalue weighted by Crippen LogP contribution is -2.21. The highest BCUT2D eigenvalue weighted by Crippen LogP contribution is 2.29. The van der Waals surface area contributed by atoms with Crippen LogP contribution in [-0.2, 0) is 11.2 Å². The molecule has 1 atom stereocenters. The van der Waals surface area contributed by atoms with E-state index < -0.39 is 12.4 Å². The average molecular weight is 251 g/mol. The van der Waals surface area contributed by atoms with Crippen molar-refractivity contribution in [1.82, 2.24) is 5.32 Å². The molecule has 1 aromatic carbocycles. The Morgan fingerprint density at radius 3 is 2.89 bits per heavy atom. The minimum absolute atomic E-state index is 0.346. The maximum atomic E-state index is 10.9. The van der Waals surface area contributed by atoms with E-state index in [4.69, 9.17) is 14.2 Å². The monoisotopic (exact) mass is 251 g/mol. The van der Waals surface area contributed by atoms with Gasteiger partial charge in [-0.2, -0.15) is 0 Å². The number of aryl methyl sites for hydroxylation is 1. The van der Waals surface area contributed by atoms with E-state index in [1.165, 1.54) is 5.56 Å². The lowest BCUT2D eigenvalue weighted by Gasteiger charge is -2.15. The Morgan fingerprint density at radius 2 is 2.28 bits per heavy atom. The van der Waals surface area contributed by atoms with E-state index in [2.05, 4.69) is 12.2 Å². The molecule has 5 heteroatoms. The molecule has 1 aliphatic heterocycles. The van der Waals surface area contributed by atoms with Crippen molar-refractivity contribution in [1.29, 1.82) is 0 Å². The van der Waals surface area contributed by atoms with Gasteiger partial charge in [-0.3, -0.25) is 0 Å². The molecule has 5 nitrogen and oxygen atoms in total. The maximum Gasteiger partial charge on any atom is 0.410 e. The third-order valence-corrected chi connectivity index (χ3v) is 2.68. The smallest absolute Gasteiger partial charge is 0.410 e. The predicted octanol–water partition coefficient (Wildman–Crippen LogP) is 2.09. The van der Waals surface area contributed by atoms with Crippen LogP contribution in [-0.4, -0.2) is 26.0 Å². The second-order valence-corrected chi connectivity index (χ2v) is 4.07. The van der Waals surface area contributed by atoms with Crippen LogP contribution >= 0.6 is 0 Å². The first-order chi connectivity index (χ1) is 8.72. The highest BCUT2D eigenvalue weighted by atomic mass is 16.7. The standard InChI is InChI=1S/C13H17NO4/c1-3-4-9-5-6-10(11(7-9)16-2)17-12-8-14-13(15)18-12/h5-7,12H,3-4,8H2,1-2H3,(H,14,15). The van der Waals surface area contributed by atoms with Gasteiger partial charge >= 0.3 is 6.09 Å². The van der Waals surface area contributed by atoms with Crippen molar-refractivity contribution in [3.8, 4) is 11.5 Å². The fraction of sp³-hybridized carbons (Fsp3) is 0.462. The molecule has 1 heterocycles. The molecule has 2 rings (SSSR count). The van der Waals surface area contributed by atoms with E-state index >= 15 is 0 Å². The van der Waals surface area contributed by atoms with Gasteiger partial charge in [0, 0.05) is 0 Å². The van der Waals surface area contributed by atoms with Crippen LogP contribution in [0.5, 0.6) is 11.5 Å². The zero-order chi connectivity index (χ0) is 13.0. The Balaban J connectivity index is 2.09. The van der Waals surface area contributed by atoms with Crippen molar-refractivity contribution in [2.45, 2.75) is 26.1 Å². The number of hydrogen-bond acceptors (Lipinski definition) is 4. The van der Waals surface area contributed by atoms with Crippen LogP contribution in [0.2, 0.25) is 0 Å². The summed E-state index contributed by atoms with van der Waals surface area (Å²) < 4.78 is 15.8. The molecular weight excluding hydrogens is 234 g/mol. The fourth-order valence-electron chi connectivity index (χ4n) is 1.83. The van der Waals surface area contributed by atoms with Crippen molar-refractivity contribution in [2.75, 3.05) is 13.7 Å². The number of methoxy groups -OCH3 is 1. The minimum atomic E-state index is -0.594. The number of alkyl carbamates (subject to hydrolysis) is 1. The number of ether oxygens (including phenoxy) is 3. The molecule has 0 spiro atoms. The van der Waals surface area contributed by atoms with E-state index in [0.29, 0.717) is 18.0 Å². The lowest BCUT2D eigenvalue weighted by molar-refractivity contribution is 0.00384. The maximum absolute atomic E-state index is 10.9. The molecule has 0 aliphatic carbocycles. The Labute approximate surface area is 106 Å². The van der Waals surface area contributed by atoms with Crippen molar-refractivity contribution in [3.63, 3.8) is 0 Å². The van der Waals surface area contributed by atoms with E-state index in [1.807, 2.05) is 18.2 Å². The Hall–Kier alpha value is -1.91. The van der Waals surface area contributed by atoms with Crippen LogP contribution in [0.15, 0.2) is 18.2 Å². The van der Waals surface area contributed by atoms with E-state index in [0.717, 1.165) is 12.8 Å². The van der Waals surface area contributed by atoms with Gasteiger partial charge in [-0.1, -0.05) is 19.4 Å². The topological polar surface area (TPSA) is 56.8 Å². The van der Waals surface area contributed by atoms with E-state index in [1.54, 1.807) is 7.11 Å². The summed E-state index contributed by atoms with van der Waals surface area (Å²) in [4.78, 5) is 10.9. The molecule has 18 heavy (non-hydrogen) atoms. The van der Waals surface area contributed by atoms with Crippen LogP contribution in [0, 0.1) is 0 Å². The molecule has 0 bridgehead atoms.